The monoisotopic (exact) mass is 301 g/mol. The van der Waals surface area contributed by atoms with Crippen molar-refractivity contribution in [3.63, 3.8) is 0 Å². The van der Waals surface area contributed by atoms with Gasteiger partial charge in [0.25, 0.3) is 0 Å². The Hall–Kier alpha value is -3.02. The lowest BCUT2D eigenvalue weighted by Gasteiger charge is -2.13. The first-order valence-electron chi connectivity index (χ1n) is 6.38. The van der Waals surface area contributed by atoms with Gasteiger partial charge in [0, 0.05) is 0 Å². The van der Waals surface area contributed by atoms with E-state index in [4.69, 9.17) is 10.5 Å². The van der Waals surface area contributed by atoms with Gasteiger partial charge in [0.1, 0.15) is 5.75 Å². The van der Waals surface area contributed by atoms with Gasteiger partial charge in [-0.25, -0.2) is 4.79 Å². The average molecular weight is 301 g/mol. The first-order chi connectivity index (χ1) is 10.5. The van der Waals surface area contributed by atoms with E-state index in [1.165, 1.54) is 38.5 Å². The van der Waals surface area contributed by atoms with Gasteiger partial charge >= 0.3 is 5.97 Å². The summed E-state index contributed by atoms with van der Waals surface area (Å²) >= 11 is 0. The van der Waals surface area contributed by atoms with E-state index in [1.54, 1.807) is 12.1 Å². The van der Waals surface area contributed by atoms with Gasteiger partial charge in [0.2, 0.25) is 5.78 Å². The molecule has 0 saturated carbocycles. The Balaban J connectivity index is 2.57. The number of nitrogens with two attached hydrogens (primary N) is 1. The fraction of sp³-hybridized carbons (Fsp3) is 0.125. The number of carbonyl (C=O) groups is 2. The lowest BCUT2D eigenvalue weighted by molar-refractivity contribution is 0.0601. The summed E-state index contributed by atoms with van der Waals surface area (Å²) in [6.07, 6.45) is 0. The third-order valence-electron chi connectivity index (χ3n) is 3.20. The van der Waals surface area contributed by atoms with Crippen LogP contribution >= 0.6 is 0 Å². The van der Waals surface area contributed by atoms with Crippen LogP contribution in [0.2, 0.25) is 0 Å². The summed E-state index contributed by atoms with van der Waals surface area (Å²) in [6, 6.07) is 8.93. The maximum atomic E-state index is 12.5. The summed E-state index contributed by atoms with van der Waals surface area (Å²) in [7, 11) is 2.57. The molecule has 6 heteroatoms. The minimum Gasteiger partial charge on any atom is -0.507 e. The number of ether oxygens (including phenoxy) is 2. The van der Waals surface area contributed by atoms with E-state index in [9.17, 15) is 14.7 Å². The van der Waals surface area contributed by atoms with Crippen molar-refractivity contribution >= 4 is 17.4 Å². The largest absolute Gasteiger partial charge is 0.507 e. The summed E-state index contributed by atoms with van der Waals surface area (Å²) in [6.45, 7) is 0. The molecule has 0 aromatic heterocycles. The number of benzene rings is 2. The van der Waals surface area contributed by atoms with Crippen molar-refractivity contribution < 1.29 is 24.2 Å². The third kappa shape index (κ3) is 2.58. The van der Waals surface area contributed by atoms with Crippen LogP contribution in [0.3, 0.4) is 0 Å². The number of methoxy groups -OCH3 is 2. The summed E-state index contributed by atoms with van der Waals surface area (Å²) in [5, 5.41) is 9.79. The van der Waals surface area contributed by atoms with Crippen molar-refractivity contribution in [3.05, 3.63) is 53.1 Å². The minimum atomic E-state index is -0.627. The molecule has 22 heavy (non-hydrogen) atoms. The number of phenolic OH excluding ortho intramolecular Hbond substituents is 1. The van der Waals surface area contributed by atoms with Crippen LogP contribution < -0.4 is 10.5 Å². The topological polar surface area (TPSA) is 98.9 Å². The number of aromatic hydroxyl groups is 1. The molecule has 0 radical (unpaired) electrons. The molecule has 2 aromatic carbocycles. The molecule has 114 valence electrons. The molecule has 0 aliphatic heterocycles. The highest BCUT2D eigenvalue weighted by Gasteiger charge is 2.23. The van der Waals surface area contributed by atoms with Crippen LogP contribution in [0.25, 0.3) is 0 Å². The van der Waals surface area contributed by atoms with E-state index in [2.05, 4.69) is 4.74 Å². The van der Waals surface area contributed by atoms with E-state index < -0.39 is 11.8 Å². The molecule has 0 unspecified atom stereocenters. The van der Waals surface area contributed by atoms with Crippen LogP contribution in [0.5, 0.6) is 11.5 Å². The van der Waals surface area contributed by atoms with Gasteiger partial charge in [-0.05, 0) is 24.3 Å². The number of carbonyl (C=O) groups excluding carboxylic acids is 2. The number of hydrogen-bond donors (Lipinski definition) is 2. The quantitative estimate of drug-likeness (QED) is 0.509. The highest BCUT2D eigenvalue weighted by molar-refractivity contribution is 6.14. The van der Waals surface area contributed by atoms with Crippen molar-refractivity contribution in [1.29, 1.82) is 0 Å². The summed E-state index contributed by atoms with van der Waals surface area (Å²) in [5.41, 5.74) is 6.26. The van der Waals surface area contributed by atoms with Gasteiger partial charge < -0.3 is 20.3 Å². The number of esters is 1. The standard InChI is InChI=1S/C16H15NO5/c1-21-15-11(8-7-10(13(15)17)16(20)22-2)14(19)9-5-3-4-6-12(9)18/h3-8,18H,17H2,1-2H3. The highest BCUT2D eigenvalue weighted by Crippen LogP contribution is 2.33. The maximum absolute atomic E-state index is 12.5. The van der Waals surface area contributed by atoms with Crippen molar-refractivity contribution in [2.75, 3.05) is 20.0 Å². The number of hydrogen-bond acceptors (Lipinski definition) is 6. The molecule has 0 heterocycles. The van der Waals surface area contributed by atoms with Gasteiger partial charge in [0.05, 0.1) is 36.6 Å². The van der Waals surface area contributed by atoms with E-state index in [1.807, 2.05) is 0 Å². The number of phenols is 1. The van der Waals surface area contributed by atoms with Crippen molar-refractivity contribution in [3.8, 4) is 11.5 Å². The maximum Gasteiger partial charge on any atom is 0.340 e. The molecule has 0 bridgehead atoms. The lowest BCUT2D eigenvalue weighted by atomic mass is 9.98. The van der Waals surface area contributed by atoms with Gasteiger partial charge in [-0.2, -0.15) is 0 Å². The normalized spacial score (nSPS) is 10.1. The van der Waals surface area contributed by atoms with E-state index in [0.29, 0.717) is 0 Å². The molecule has 0 amide bonds. The van der Waals surface area contributed by atoms with Gasteiger partial charge in [-0.15, -0.1) is 0 Å². The number of anilines is 1. The molecule has 0 saturated heterocycles. The van der Waals surface area contributed by atoms with Gasteiger partial charge in [0.15, 0.2) is 5.75 Å². The zero-order chi connectivity index (χ0) is 16.3. The molecular weight excluding hydrogens is 286 g/mol. The first kappa shape index (κ1) is 15.4. The number of nitrogen functional groups attached to an aromatic ring is 1. The minimum absolute atomic E-state index is 0.00983. The van der Waals surface area contributed by atoms with Gasteiger partial charge in [-0.1, -0.05) is 12.1 Å². The molecule has 3 N–H and O–H groups in total. The average Bonchev–Trinajstić information content (AvgIpc) is 2.53. The molecule has 6 nitrogen and oxygen atoms in total. The SMILES string of the molecule is COC(=O)c1ccc(C(=O)c2ccccc2O)c(OC)c1N. The van der Waals surface area contributed by atoms with E-state index in [0.717, 1.165) is 0 Å². The Kier molecular flexibility index (Phi) is 4.31. The summed E-state index contributed by atoms with van der Waals surface area (Å²) in [4.78, 5) is 24.2. The van der Waals surface area contributed by atoms with Crippen LogP contribution in [-0.2, 0) is 4.74 Å². The van der Waals surface area contributed by atoms with Gasteiger partial charge in [-0.3, -0.25) is 4.79 Å². The second-order valence-electron chi connectivity index (χ2n) is 4.45. The zero-order valence-corrected chi connectivity index (χ0v) is 12.1. The number of ketones is 1. The summed E-state index contributed by atoms with van der Waals surface area (Å²) < 4.78 is 9.78. The Morgan fingerprint density at radius 1 is 1.00 bits per heavy atom. The van der Waals surface area contributed by atoms with Crippen molar-refractivity contribution in [1.82, 2.24) is 0 Å². The Morgan fingerprint density at radius 2 is 1.64 bits per heavy atom. The third-order valence-corrected chi connectivity index (χ3v) is 3.20. The van der Waals surface area contributed by atoms with Crippen LogP contribution in [0, 0.1) is 0 Å². The second-order valence-corrected chi connectivity index (χ2v) is 4.45. The zero-order valence-electron chi connectivity index (χ0n) is 12.1. The molecule has 0 aliphatic rings. The lowest BCUT2D eigenvalue weighted by Crippen LogP contribution is -2.11. The number of rotatable bonds is 4. The Bertz CT molecular complexity index is 739. The smallest absolute Gasteiger partial charge is 0.340 e. The van der Waals surface area contributed by atoms with Crippen LogP contribution in [0.15, 0.2) is 36.4 Å². The summed E-state index contributed by atoms with van der Waals surface area (Å²) in [5.74, 6) is -1.17. The fourth-order valence-electron chi connectivity index (χ4n) is 2.10. The fourth-order valence-corrected chi connectivity index (χ4v) is 2.10. The Labute approximate surface area is 127 Å². The molecule has 2 rings (SSSR count). The van der Waals surface area contributed by atoms with Crippen LogP contribution in [0.1, 0.15) is 26.3 Å². The van der Waals surface area contributed by atoms with Crippen LogP contribution in [0.4, 0.5) is 5.69 Å². The second kappa shape index (κ2) is 6.17. The van der Waals surface area contributed by atoms with Crippen LogP contribution in [-0.4, -0.2) is 31.1 Å². The van der Waals surface area contributed by atoms with E-state index >= 15 is 0 Å². The van der Waals surface area contributed by atoms with Crippen molar-refractivity contribution in [2.24, 2.45) is 0 Å². The molecule has 0 fully saturated rings. The number of para-hydroxylation sites is 1. The molecule has 0 atom stereocenters. The predicted octanol–water partition coefficient (Wildman–Crippen LogP) is 2.00. The molecule has 2 aromatic rings. The van der Waals surface area contributed by atoms with E-state index in [-0.39, 0.29) is 33.9 Å². The highest BCUT2D eigenvalue weighted by atomic mass is 16.5. The predicted molar refractivity (Wildman–Crippen MR) is 80.3 cm³/mol. The Morgan fingerprint density at radius 3 is 2.23 bits per heavy atom. The molecule has 0 spiro atoms. The first-order valence-corrected chi connectivity index (χ1v) is 6.38. The van der Waals surface area contributed by atoms with Crippen molar-refractivity contribution in [2.45, 2.75) is 0 Å². The molecule has 0 aliphatic carbocycles. The molecular formula is C16H15NO5.